The topological polar surface area (TPSA) is 92.1 Å². The number of nitrogens with zero attached hydrogens (tertiary/aromatic N) is 6. The lowest BCUT2D eigenvalue weighted by molar-refractivity contribution is 0.869. The van der Waals surface area contributed by atoms with Crippen molar-refractivity contribution in [1.82, 2.24) is 29.8 Å². The Morgan fingerprint density at radius 1 is 1.30 bits per heavy atom. The molecule has 3 aromatic rings. The van der Waals surface area contributed by atoms with E-state index in [2.05, 4.69) is 30.2 Å². The molecular weight excluding hydrogens is 334 g/mol. The second kappa shape index (κ2) is 5.93. The minimum atomic E-state index is -0.150. The average Bonchev–Trinajstić information content (AvgIpc) is 3.24. The van der Waals surface area contributed by atoms with Crippen LogP contribution in [0.25, 0.3) is 5.78 Å². The van der Waals surface area contributed by atoms with E-state index in [1.165, 1.54) is 23.4 Å². The number of fused-ring (bicyclic) bond motifs is 1. The van der Waals surface area contributed by atoms with Gasteiger partial charge in [0.1, 0.15) is 5.82 Å². The van der Waals surface area contributed by atoms with Crippen LogP contribution in [0.15, 0.2) is 15.2 Å². The maximum absolute atomic E-state index is 11.9. The molecule has 1 aliphatic heterocycles. The molecule has 0 amide bonds. The zero-order chi connectivity index (χ0) is 15.8. The lowest BCUT2D eigenvalue weighted by atomic mass is 10.4. The van der Waals surface area contributed by atoms with Crippen molar-refractivity contribution in [2.45, 2.75) is 29.9 Å². The Morgan fingerprint density at radius 3 is 2.96 bits per heavy atom. The SMILES string of the molecule is Cc1cc(=O)n2[nH]c(CSc3nnc(N4CCCC4)s3)nc2n1. The van der Waals surface area contributed by atoms with Gasteiger partial charge in [-0.05, 0) is 19.8 Å². The molecule has 1 fully saturated rings. The Morgan fingerprint density at radius 2 is 2.13 bits per heavy atom. The van der Waals surface area contributed by atoms with Crippen molar-refractivity contribution in [3.05, 3.63) is 27.9 Å². The van der Waals surface area contributed by atoms with E-state index in [4.69, 9.17) is 0 Å². The summed E-state index contributed by atoms with van der Waals surface area (Å²) >= 11 is 3.16. The molecule has 1 N–H and O–H groups in total. The van der Waals surface area contributed by atoms with Gasteiger partial charge in [0.15, 0.2) is 4.34 Å². The lowest BCUT2D eigenvalue weighted by Gasteiger charge is -2.10. The van der Waals surface area contributed by atoms with Gasteiger partial charge in [0.25, 0.3) is 11.3 Å². The van der Waals surface area contributed by atoms with Gasteiger partial charge in [-0.15, -0.1) is 10.2 Å². The number of nitrogens with one attached hydrogen (secondary N) is 1. The summed E-state index contributed by atoms with van der Waals surface area (Å²) in [5.41, 5.74) is 0.517. The lowest BCUT2D eigenvalue weighted by Crippen LogP contribution is -2.17. The normalized spacial score (nSPS) is 14.9. The van der Waals surface area contributed by atoms with E-state index >= 15 is 0 Å². The van der Waals surface area contributed by atoms with Crippen LogP contribution in [0.3, 0.4) is 0 Å². The second-order valence-corrected chi connectivity index (χ2v) is 7.55. The van der Waals surface area contributed by atoms with Gasteiger partial charge in [-0.1, -0.05) is 23.1 Å². The maximum atomic E-state index is 11.9. The quantitative estimate of drug-likeness (QED) is 0.713. The molecule has 4 rings (SSSR count). The minimum Gasteiger partial charge on any atom is -0.347 e. The number of aromatic nitrogens is 6. The predicted octanol–water partition coefficient (Wildman–Crippen LogP) is 1.47. The summed E-state index contributed by atoms with van der Waals surface area (Å²) in [5, 5.41) is 12.4. The second-order valence-electron chi connectivity index (χ2n) is 5.37. The largest absolute Gasteiger partial charge is 0.347 e. The first-order valence-corrected chi connectivity index (χ1v) is 9.16. The molecule has 4 heterocycles. The zero-order valence-corrected chi connectivity index (χ0v) is 14.2. The summed E-state index contributed by atoms with van der Waals surface area (Å²) in [5.74, 6) is 1.69. The molecule has 0 spiro atoms. The van der Waals surface area contributed by atoms with Crippen molar-refractivity contribution in [2.75, 3.05) is 18.0 Å². The van der Waals surface area contributed by atoms with Gasteiger partial charge in [0, 0.05) is 24.8 Å². The van der Waals surface area contributed by atoms with Crippen molar-refractivity contribution in [3.8, 4) is 0 Å². The molecule has 23 heavy (non-hydrogen) atoms. The highest BCUT2D eigenvalue weighted by Crippen LogP contribution is 2.31. The van der Waals surface area contributed by atoms with Crippen LogP contribution in [0.2, 0.25) is 0 Å². The first-order chi connectivity index (χ1) is 11.2. The summed E-state index contributed by atoms with van der Waals surface area (Å²) in [6.07, 6.45) is 2.45. The standard InChI is InChI=1S/C13H15N7OS2/c1-8-6-10(21)20-11(14-8)15-9(18-20)7-22-13-17-16-12(23-13)19-4-2-3-5-19/h6H,2-5,7H2,1H3,(H,14,15,18). The summed E-state index contributed by atoms with van der Waals surface area (Å²) in [6, 6.07) is 1.48. The maximum Gasteiger partial charge on any atom is 0.274 e. The Labute approximate surface area is 140 Å². The van der Waals surface area contributed by atoms with Gasteiger partial charge in [-0.25, -0.2) is 4.98 Å². The molecule has 0 aliphatic carbocycles. The number of aryl methyl sites for hydroxylation is 1. The molecule has 1 aliphatic rings. The number of rotatable bonds is 4. The van der Waals surface area contributed by atoms with Crippen molar-refractivity contribution in [3.63, 3.8) is 0 Å². The molecule has 0 saturated carbocycles. The minimum absolute atomic E-state index is 0.150. The van der Waals surface area contributed by atoms with Gasteiger partial charge in [-0.3, -0.25) is 9.89 Å². The fourth-order valence-electron chi connectivity index (χ4n) is 2.53. The van der Waals surface area contributed by atoms with Gasteiger partial charge in [-0.2, -0.15) is 9.50 Å². The van der Waals surface area contributed by atoms with Crippen LogP contribution in [0, 0.1) is 6.92 Å². The number of anilines is 1. The van der Waals surface area contributed by atoms with Gasteiger partial charge >= 0.3 is 0 Å². The van der Waals surface area contributed by atoms with E-state index in [9.17, 15) is 4.79 Å². The Hall–Kier alpha value is -1.94. The Bertz CT molecular complexity index is 893. The van der Waals surface area contributed by atoms with Gasteiger partial charge in [0.05, 0.1) is 5.75 Å². The third-order valence-corrected chi connectivity index (χ3v) is 5.74. The first-order valence-electron chi connectivity index (χ1n) is 7.35. The van der Waals surface area contributed by atoms with Crippen molar-refractivity contribution >= 4 is 34.0 Å². The third-order valence-electron chi connectivity index (χ3n) is 3.61. The molecule has 8 nitrogen and oxygen atoms in total. The fourth-order valence-corrected chi connectivity index (χ4v) is 4.28. The van der Waals surface area contributed by atoms with E-state index in [0.717, 1.165) is 22.6 Å². The van der Waals surface area contributed by atoms with E-state index < -0.39 is 0 Å². The van der Waals surface area contributed by atoms with E-state index in [-0.39, 0.29) is 5.56 Å². The smallest absolute Gasteiger partial charge is 0.274 e. The molecule has 3 aromatic heterocycles. The zero-order valence-electron chi connectivity index (χ0n) is 12.5. The van der Waals surface area contributed by atoms with Crippen LogP contribution in [-0.4, -0.2) is 42.9 Å². The molecule has 120 valence electrons. The summed E-state index contributed by atoms with van der Waals surface area (Å²) in [4.78, 5) is 22.7. The molecule has 10 heteroatoms. The monoisotopic (exact) mass is 349 g/mol. The molecule has 0 atom stereocenters. The first kappa shape index (κ1) is 14.6. The highest BCUT2D eigenvalue weighted by atomic mass is 32.2. The van der Waals surface area contributed by atoms with Crippen LogP contribution in [-0.2, 0) is 5.75 Å². The van der Waals surface area contributed by atoms with Crippen LogP contribution in [0.1, 0.15) is 24.4 Å². The molecule has 0 unspecified atom stereocenters. The number of thioether (sulfide) groups is 1. The van der Waals surface area contributed by atoms with Crippen molar-refractivity contribution in [1.29, 1.82) is 0 Å². The molecule has 0 bridgehead atoms. The van der Waals surface area contributed by atoms with Crippen LogP contribution in [0.5, 0.6) is 0 Å². The third kappa shape index (κ3) is 2.95. The van der Waals surface area contributed by atoms with Gasteiger partial charge in [0.2, 0.25) is 5.13 Å². The molecule has 0 aromatic carbocycles. The number of hydrogen-bond acceptors (Lipinski definition) is 8. The van der Waals surface area contributed by atoms with Crippen molar-refractivity contribution < 1.29 is 0 Å². The average molecular weight is 349 g/mol. The van der Waals surface area contributed by atoms with E-state index in [1.807, 2.05) is 0 Å². The fraction of sp³-hybridized carbons (Fsp3) is 0.462. The summed E-state index contributed by atoms with van der Waals surface area (Å²) < 4.78 is 2.27. The molecular formula is C13H15N7OS2. The number of H-pyrrole nitrogens is 1. The number of hydrogen-bond donors (Lipinski definition) is 1. The Balaban J connectivity index is 1.48. The van der Waals surface area contributed by atoms with E-state index in [1.54, 1.807) is 30.0 Å². The Kier molecular flexibility index (Phi) is 3.77. The number of aromatic amines is 1. The van der Waals surface area contributed by atoms with Crippen molar-refractivity contribution in [2.24, 2.45) is 0 Å². The van der Waals surface area contributed by atoms with Crippen LogP contribution in [0.4, 0.5) is 5.13 Å². The predicted molar refractivity (Wildman–Crippen MR) is 89.3 cm³/mol. The molecule has 1 saturated heterocycles. The van der Waals surface area contributed by atoms with Crippen LogP contribution >= 0.6 is 23.1 Å². The van der Waals surface area contributed by atoms with Gasteiger partial charge < -0.3 is 4.90 Å². The van der Waals surface area contributed by atoms with Crippen LogP contribution < -0.4 is 10.5 Å². The molecule has 0 radical (unpaired) electrons. The summed E-state index contributed by atoms with van der Waals surface area (Å²) in [6.45, 7) is 3.92. The van der Waals surface area contributed by atoms with E-state index in [0.29, 0.717) is 23.0 Å². The highest BCUT2D eigenvalue weighted by Gasteiger charge is 2.17. The highest BCUT2D eigenvalue weighted by molar-refractivity contribution is 8.00. The summed E-state index contributed by atoms with van der Waals surface area (Å²) in [7, 11) is 0.